The van der Waals surface area contributed by atoms with Crippen molar-refractivity contribution in [2.24, 2.45) is 10.9 Å². The highest BCUT2D eigenvalue weighted by atomic mass is 19.1. The molecule has 10 nitrogen and oxygen atoms in total. The Morgan fingerprint density at radius 1 is 1.25 bits per heavy atom. The van der Waals surface area contributed by atoms with Gasteiger partial charge in [-0.1, -0.05) is 12.1 Å². The van der Waals surface area contributed by atoms with Crippen molar-refractivity contribution in [3.8, 4) is 11.6 Å². The largest absolute Gasteiger partial charge is 0.477 e. The molecule has 0 saturated carbocycles. The predicted octanol–water partition coefficient (Wildman–Crippen LogP) is 3.47. The van der Waals surface area contributed by atoms with Crippen LogP contribution in [-0.2, 0) is 6.54 Å². The number of benzene rings is 1. The molecule has 186 valence electrons. The first-order valence-electron chi connectivity index (χ1n) is 11.2. The molecule has 0 bridgehead atoms. The van der Waals surface area contributed by atoms with Crippen molar-refractivity contribution in [2.45, 2.75) is 32.9 Å². The summed E-state index contributed by atoms with van der Waals surface area (Å²) >= 11 is 0. The SMILES string of the molecule is CC(C)n1c(=O)[nH]/c(=N\c2ccc(Oc3cccc(C(=O)O)n3)cc2)n(CC2C=CC(F)=CC2)c1=O. The molecule has 2 heterocycles. The number of halogens is 1. The van der Waals surface area contributed by atoms with E-state index >= 15 is 0 Å². The zero-order chi connectivity index (χ0) is 25.8. The van der Waals surface area contributed by atoms with Crippen LogP contribution in [-0.4, -0.2) is 30.2 Å². The van der Waals surface area contributed by atoms with Crippen LogP contribution >= 0.6 is 0 Å². The van der Waals surface area contributed by atoms with Crippen LogP contribution in [0.5, 0.6) is 11.6 Å². The number of nitrogens with zero attached hydrogens (tertiary/aromatic N) is 4. The van der Waals surface area contributed by atoms with E-state index in [0.717, 1.165) is 4.57 Å². The Hall–Kier alpha value is -4.54. The van der Waals surface area contributed by atoms with Gasteiger partial charge in [0.05, 0.1) is 5.69 Å². The van der Waals surface area contributed by atoms with Crippen LogP contribution < -0.4 is 21.7 Å². The number of H-pyrrole nitrogens is 1. The summed E-state index contributed by atoms with van der Waals surface area (Å²) in [6.07, 6.45) is 4.92. The normalized spacial score (nSPS) is 15.7. The molecule has 2 N–H and O–H groups in total. The quantitative estimate of drug-likeness (QED) is 0.518. The van der Waals surface area contributed by atoms with Gasteiger partial charge in [-0.2, -0.15) is 0 Å². The van der Waals surface area contributed by atoms with Gasteiger partial charge in [0.2, 0.25) is 11.5 Å². The Labute approximate surface area is 204 Å². The summed E-state index contributed by atoms with van der Waals surface area (Å²) in [5.74, 6) is -1.13. The van der Waals surface area contributed by atoms with Gasteiger partial charge in [-0.25, -0.2) is 33.3 Å². The number of carboxylic acid groups (broad SMARTS) is 1. The van der Waals surface area contributed by atoms with Gasteiger partial charge in [0.25, 0.3) is 0 Å². The number of hydrogen-bond acceptors (Lipinski definition) is 6. The van der Waals surface area contributed by atoms with E-state index in [4.69, 9.17) is 9.84 Å². The third-order valence-corrected chi connectivity index (χ3v) is 5.44. The number of aromatic nitrogens is 4. The standard InChI is InChI=1S/C25H24FN5O5/c1-15(2)31-24(34)29-23(30(25(31)35)14-16-6-8-17(26)9-7-16)27-18-10-12-19(13-11-18)36-21-5-3-4-20(28-21)22(32)33/h3-6,8-13,15-16H,7,14H2,1-2H3,(H,32,33)(H,27,29,34). The first-order valence-corrected chi connectivity index (χ1v) is 11.2. The Morgan fingerprint density at radius 2 is 2.00 bits per heavy atom. The van der Waals surface area contributed by atoms with Crippen LogP contribution in [0.2, 0.25) is 0 Å². The number of hydrogen-bond donors (Lipinski definition) is 2. The summed E-state index contributed by atoms with van der Waals surface area (Å²) in [6, 6.07) is 10.5. The van der Waals surface area contributed by atoms with Gasteiger partial charge in [0, 0.05) is 18.7 Å². The second-order valence-corrected chi connectivity index (χ2v) is 8.43. The van der Waals surface area contributed by atoms with Crippen LogP contribution in [0.4, 0.5) is 10.1 Å². The van der Waals surface area contributed by atoms with Crippen molar-refractivity contribution in [1.29, 1.82) is 0 Å². The van der Waals surface area contributed by atoms with E-state index in [9.17, 15) is 18.8 Å². The first-order chi connectivity index (χ1) is 17.2. The van der Waals surface area contributed by atoms with E-state index in [1.54, 1.807) is 44.2 Å². The highest BCUT2D eigenvalue weighted by Crippen LogP contribution is 2.23. The molecule has 0 aliphatic heterocycles. The number of allylic oxidation sites excluding steroid dienone is 4. The molecule has 1 atom stereocenters. The van der Waals surface area contributed by atoms with Crippen molar-refractivity contribution in [3.05, 3.63) is 98.8 Å². The fourth-order valence-corrected chi connectivity index (χ4v) is 3.67. The van der Waals surface area contributed by atoms with E-state index in [0.29, 0.717) is 17.9 Å². The maximum atomic E-state index is 13.4. The molecule has 0 amide bonds. The van der Waals surface area contributed by atoms with Crippen molar-refractivity contribution < 1.29 is 19.0 Å². The van der Waals surface area contributed by atoms with Crippen molar-refractivity contribution >= 4 is 11.7 Å². The number of carboxylic acids is 1. The van der Waals surface area contributed by atoms with Crippen molar-refractivity contribution in [2.75, 3.05) is 0 Å². The number of aromatic amines is 1. The Balaban J connectivity index is 1.67. The Kier molecular flexibility index (Phi) is 7.09. The monoisotopic (exact) mass is 493 g/mol. The molecule has 3 aromatic rings. The summed E-state index contributed by atoms with van der Waals surface area (Å²) in [6.45, 7) is 3.67. The van der Waals surface area contributed by atoms with Gasteiger partial charge in [-0.05, 0) is 68.7 Å². The third-order valence-electron chi connectivity index (χ3n) is 5.44. The zero-order valence-electron chi connectivity index (χ0n) is 19.6. The van der Waals surface area contributed by atoms with E-state index in [-0.39, 0.29) is 41.5 Å². The minimum atomic E-state index is -1.17. The number of nitrogens with one attached hydrogen (secondary N) is 1. The van der Waals surface area contributed by atoms with Crippen LogP contribution in [0.3, 0.4) is 0 Å². The molecule has 1 unspecified atom stereocenters. The summed E-state index contributed by atoms with van der Waals surface area (Å²) < 4.78 is 21.5. The predicted molar refractivity (Wildman–Crippen MR) is 129 cm³/mol. The Morgan fingerprint density at radius 3 is 2.64 bits per heavy atom. The maximum absolute atomic E-state index is 13.4. The fourth-order valence-electron chi connectivity index (χ4n) is 3.67. The molecule has 11 heteroatoms. The lowest BCUT2D eigenvalue weighted by molar-refractivity contribution is 0.0689. The fraction of sp³-hybridized carbons (Fsp3) is 0.240. The number of rotatable bonds is 7. The maximum Gasteiger partial charge on any atom is 0.354 e. The molecule has 2 aromatic heterocycles. The van der Waals surface area contributed by atoms with E-state index in [2.05, 4.69) is 15.0 Å². The smallest absolute Gasteiger partial charge is 0.354 e. The van der Waals surface area contributed by atoms with Crippen molar-refractivity contribution in [1.82, 2.24) is 19.1 Å². The first kappa shape index (κ1) is 24.6. The van der Waals surface area contributed by atoms with Crippen LogP contribution in [0.25, 0.3) is 0 Å². The van der Waals surface area contributed by atoms with Gasteiger partial charge in [-0.15, -0.1) is 0 Å². The molecule has 1 aliphatic carbocycles. The zero-order valence-corrected chi connectivity index (χ0v) is 19.6. The average molecular weight is 493 g/mol. The molecular formula is C25H24FN5O5. The number of carbonyl (C=O) groups is 1. The molecule has 0 spiro atoms. The number of aromatic carboxylic acids is 1. The van der Waals surface area contributed by atoms with Gasteiger partial charge in [0.1, 0.15) is 11.6 Å². The lowest BCUT2D eigenvalue weighted by Gasteiger charge is -2.17. The van der Waals surface area contributed by atoms with Crippen LogP contribution in [0.1, 0.15) is 36.8 Å². The van der Waals surface area contributed by atoms with Gasteiger partial charge >= 0.3 is 17.3 Å². The number of ether oxygens (including phenoxy) is 1. The minimum Gasteiger partial charge on any atom is -0.477 e. The highest BCUT2D eigenvalue weighted by molar-refractivity contribution is 5.85. The van der Waals surface area contributed by atoms with Gasteiger partial charge in [0.15, 0.2) is 5.69 Å². The average Bonchev–Trinajstić information content (AvgIpc) is 2.84. The summed E-state index contributed by atoms with van der Waals surface area (Å²) in [5, 5.41) is 9.07. The minimum absolute atomic E-state index is 0.0646. The highest BCUT2D eigenvalue weighted by Gasteiger charge is 2.16. The molecule has 1 aliphatic rings. The van der Waals surface area contributed by atoms with Gasteiger partial charge in [-0.3, -0.25) is 9.55 Å². The lowest BCUT2D eigenvalue weighted by Crippen LogP contribution is -2.51. The molecular weight excluding hydrogens is 469 g/mol. The molecule has 0 saturated heterocycles. The molecule has 4 rings (SSSR count). The molecule has 1 aromatic carbocycles. The summed E-state index contributed by atoms with van der Waals surface area (Å²) in [7, 11) is 0. The lowest BCUT2D eigenvalue weighted by atomic mass is 10.0. The Bertz CT molecular complexity index is 1530. The van der Waals surface area contributed by atoms with Crippen molar-refractivity contribution in [3.63, 3.8) is 0 Å². The molecule has 0 fully saturated rings. The molecule has 0 radical (unpaired) electrons. The van der Waals surface area contributed by atoms with Crippen LogP contribution in [0, 0.1) is 5.92 Å². The second kappa shape index (κ2) is 10.4. The van der Waals surface area contributed by atoms with Crippen LogP contribution in [0.15, 0.2) is 81.1 Å². The van der Waals surface area contributed by atoms with E-state index in [1.807, 2.05) is 0 Å². The second-order valence-electron chi connectivity index (χ2n) is 8.43. The van der Waals surface area contributed by atoms with E-state index in [1.165, 1.54) is 34.9 Å². The topological polar surface area (TPSA) is 132 Å². The summed E-state index contributed by atoms with van der Waals surface area (Å²) in [5.41, 5.74) is -0.741. The van der Waals surface area contributed by atoms with Gasteiger partial charge < -0.3 is 9.84 Å². The summed E-state index contributed by atoms with van der Waals surface area (Å²) in [4.78, 5) is 47.9. The number of pyridine rings is 1. The van der Waals surface area contributed by atoms with E-state index < -0.39 is 17.3 Å². The third kappa shape index (κ3) is 5.57. The molecule has 36 heavy (non-hydrogen) atoms.